The minimum Gasteiger partial charge on any atom is -0.465 e. The molecule has 1 fully saturated rings. The Balaban J connectivity index is 1.76. The number of alkyl halides is 3. The fourth-order valence-corrected chi connectivity index (χ4v) is 4.52. The smallest absolute Gasteiger partial charge is 0.416 e. The van der Waals surface area contributed by atoms with Crippen molar-refractivity contribution < 1.29 is 27.5 Å². The highest BCUT2D eigenvalue weighted by molar-refractivity contribution is 5.82. The maximum absolute atomic E-state index is 13.7. The number of hydrogen-bond acceptors (Lipinski definition) is 4. The lowest BCUT2D eigenvalue weighted by Crippen LogP contribution is -2.31. The van der Waals surface area contributed by atoms with Crippen LogP contribution >= 0.6 is 0 Å². The molecule has 0 aliphatic heterocycles. The van der Waals surface area contributed by atoms with E-state index in [0.717, 1.165) is 30.5 Å². The van der Waals surface area contributed by atoms with Crippen molar-refractivity contribution in [1.29, 1.82) is 0 Å². The zero-order valence-corrected chi connectivity index (χ0v) is 21.1. The highest BCUT2D eigenvalue weighted by Crippen LogP contribution is 2.38. The fraction of sp³-hybridized carbons (Fsp3) is 0.393. The molecule has 1 amide bonds. The normalized spacial score (nSPS) is 13.5. The van der Waals surface area contributed by atoms with Crippen molar-refractivity contribution in [3.05, 3.63) is 76.6 Å². The van der Waals surface area contributed by atoms with Gasteiger partial charge in [0.1, 0.15) is 6.54 Å². The van der Waals surface area contributed by atoms with Crippen LogP contribution in [0.2, 0.25) is 0 Å². The highest BCUT2D eigenvalue weighted by Gasteiger charge is 2.35. The van der Waals surface area contributed by atoms with Gasteiger partial charge in [0.15, 0.2) is 0 Å². The first-order valence-electron chi connectivity index (χ1n) is 12.3. The summed E-state index contributed by atoms with van der Waals surface area (Å²) in [5.74, 6) is -0.594. The minimum atomic E-state index is -4.53. The number of halogens is 3. The molecule has 0 N–H and O–H groups in total. The third kappa shape index (κ3) is 6.21. The van der Waals surface area contributed by atoms with Crippen LogP contribution in [-0.4, -0.2) is 33.2 Å². The predicted octanol–water partition coefficient (Wildman–Crippen LogP) is 5.69. The molecular formula is C28H30F3N3O3. The summed E-state index contributed by atoms with van der Waals surface area (Å²) in [6, 6.07) is 13.0. The van der Waals surface area contributed by atoms with Gasteiger partial charge in [-0.3, -0.25) is 14.3 Å². The van der Waals surface area contributed by atoms with Crippen molar-refractivity contribution in [2.45, 2.75) is 59.4 Å². The SMILES string of the molecule is CCOC(=O)Cn1nc(C)c(-c2ccc(C(F)(F)F)cc2CN(Cc2ccccc2)C(=O)C2CC2)c1C. The van der Waals surface area contributed by atoms with Crippen LogP contribution in [0, 0.1) is 19.8 Å². The van der Waals surface area contributed by atoms with E-state index in [1.807, 2.05) is 30.3 Å². The molecule has 6 nitrogen and oxygen atoms in total. The van der Waals surface area contributed by atoms with E-state index in [9.17, 15) is 22.8 Å². The Labute approximate surface area is 214 Å². The van der Waals surface area contributed by atoms with Crippen molar-refractivity contribution in [2.75, 3.05) is 6.61 Å². The summed E-state index contributed by atoms with van der Waals surface area (Å²) in [4.78, 5) is 26.9. The van der Waals surface area contributed by atoms with E-state index in [4.69, 9.17) is 4.74 Å². The van der Waals surface area contributed by atoms with Crippen molar-refractivity contribution in [3.8, 4) is 11.1 Å². The topological polar surface area (TPSA) is 64.4 Å². The lowest BCUT2D eigenvalue weighted by molar-refractivity contribution is -0.144. The van der Waals surface area contributed by atoms with Gasteiger partial charge in [-0.05, 0) is 62.4 Å². The molecule has 0 saturated heterocycles. The third-order valence-electron chi connectivity index (χ3n) is 6.48. The Morgan fingerprint density at radius 3 is 2.41 bits per heavy atom. The van der Waals surface area contributed by atoms with Crippen LogP contribution in [0.4, 0.5) is 13.2 Å². The van der Waals surface area contributed by atoms with Gasteiger partial charge in [-0.1, -0.05) is 36.4 Å². The van der Waals surface area contributed by atoms with Crippen LogP contribution in [0.5, 0.6) is 0 Å². The van der Waals surface area contributed by atoms with Gasteiger partial charge in [-0.2, -0.15) is 18.3 Å². The molecule has 0 bridgehead atoms. The molecule has 0 atom stereocenters. The van der Waals surface area contributed by atoms with Gasteiger partial charge in [0.05, 0.1) is 17.9 Å². The lowest BCUT2D eigenvalue weighted by atomic mass is 9.95. The maximum Gasteiger partial charge on any atom is 0.416 e. The van der Waals surface area contributed by atoms with Gasteiger partial charge >= 0.3 is 12.1 Å². The summed E-state index contributed by atoms with van der Waals surface area (Å²) in [7, 11) is 0. The van der Waals surface area contributed by atoms with E-state index in [-0.39, 0.29) is 31.5 Å². The van der Waals surface area contributed by atoms with E-state index >= 15 is 0 Å². The Bertz CT molecular complexity index is 1280. The van der Waals surface area contributed by atoms with Gasteiger partial charge in [0.25, 0.3) is 0 Å². The van der Waals surface area contributed by atoms with Crippen molar-refractivity contribution >= 4 is 11.9 Å². The molecule has 1 heterocycles. The molecule has 2 aromatic carbocycles. The maximum atomic E-state index is 13.7. The number of aromatic nitrogens is 2. The molecule has 1 aliphatic rings. The first-order chi connectivity index (χ1) is 17.6. The van der Waals surface area contributed by atoms with Crippen LogP contribution in [0.25, 0.3) is 11.1 Å². The number of aryl methyl sites for hydroxylation is 1. The Hall–Kier alpha value is -3.62. The number of rotatable bonds is 9. The Kier molecular flexibility index (Phi) is 7.71. The number of amides is 1. The lowest BCUT2D eigenvalue weighted by Gasteiger charge is -2.25. The quantitative estimate of drug-likeness (QED) is 0.345. The number of carbonyl (C=O) groups is 2. The molecule has 196 valence electrons. The van der Waals surface area contributed by atoms with Crippen LogP contribution < -0.4 is 0 Å². The summed E-state index contributed by atoms with van der Waals surface area (Å²) < 4.78 is 47.7. The second-order valence-electron chi connectivity index (χ2n) is 9.33. The van der Waals surface area contributed by atoms with Gasteiger partial charge in [0.2, 0.25) is 5.91 Å². The van der Waals surface area contributed by atoms with Crippen LogP contribution in [-0.2, 0) is 40.1 Å². The van der Waals surface area contributed by atoms with E-state index in [1.54, 1.807) is 25.7 Å². The van der Waals surface area contributed by atoms with Crippen LogP contribution in [0.15, 0.2) is 48.5 Å². The Morgan fingerprint density at radius 1 is 1.08 bits per heavy atom. The number of ether oxygens (including phenoxy) is 1. The number of benzene rings is 2. The molecule has 9 heteroatoms. The average molecular weight is 514 g/mol. The van der Waals surface area contributed by atoms with E-state index in [2.05, 4.69) is 5.10 Å². The number of hydrogen-bond donors (Lipinski definition) is 0. The number of carbonyl (C=O) groups excluding carboxylic acids is 2. The largest absolute Gasteiger partial charge is 0.465 e. The molecular weight excluding hydrogens is 483 g/mol. The average Bonchev–Trinajstić information content (AvgIpc) is 3.65. The molecule has 1 aliphatic carbocycles. The summed E-state index contributed by atoms with van der Waals surface area (Å²) in [5, 5.41) is 4.45. The molecule has 37 heavy (non-hydrogen) atoms. The summed E-state index contributed by atoms with van der Waals surface area (Å²) in [6.07, 6.45) is -2.95. The molecule has 3 aromatic rings. The molecule has 4 rings (SSSR count). The molecule has 0 unspecified atom stereocenters. The predicted molar refractivity (Wildman–Crippen MR) is 132 cm³/mol. The van der Waals surface area contributed by atoms with Crippen LogP contribution in [0.1, 0.15) is 47.8 Å². The van der Waals surface area contributed by atoms with E-state index in [1.165, 1.54) is 10.7 Å². The second kappa shape index (κ2) is 10.8. The van der Waals surface area contributed by atoms with Crippen molar-refractivity contribution in [1.82, 2.24) is 14.7 Å². The third-order valence-corrected chi connectivity index (χ3v) is 6.48. The van der Waals surface area contributed by atoms with Gasteiger partial charge in [0, 0.05) is 30.3 Å². The van der Waals surface area contributed by atoms with E-state index < -0.39 is 17.7 Å². The van der Waals surface area contributed by atoms with Gasteiger partial charge < -0.3 is 9.64 Å². The van der Waals surface area contributed by atoms with Gasteiger partial charge in [-0.15, -0.1) is 0 Å². The fourth-order valence-electron chi connectivity index (χ4n) is 4.52. The molecule has 0 radical (unpaired) electrons. The van der Waals surface area contributed by atoms with Crippen LogP contribution in [0.3, 0.4) is 0 Å². The standard InChI is InChI=1S/C28H30F3N3O3/c1-4-37-25(35)17-34-19(3)26(18(2)32-34)24-13-12-23(28(29,30)31)14-22(24)16-33(27(36)21-10-11-21)15-20-8-6-5-7-9-20/h5-9,12-14,21H,4,10-11,15-17H2,1-3H3. The van der Waals surface area contributed by atoms with Crippen molar-refractivity contribution in [3.63, 3.8) is 0 Å². The zero-order chi connectivity index (χ0) is 26.7. The van der Waals surface area contributed by atoms with Gasteiger partial charge in [-0.25, -0.2) is 0 Å². The molecule has 1 saturated carbocycles. The first kappa shape index (κ1) is 26.4. The van der Waals surface area contributed by atoms with E-state index in [0.29, 0.717) is 34.6 Å². The number of esters is 1. The highest BCUT2D eigenvalue weighted by atomic mass is 19.4. The summed E-state index contributed by atoms with van der Waals surface area (Å²) >= 11 is 0. The summed E-state index contributed by atoms with van der Waals surface area (Å²) in [5.41, 5.74) is 2.91. The second-order valence-corrected chi connectivity index (χ2v) is 9.33. The number of nitrogens with zero attached hydrogens (tertiary/aromatic N) is 3. The monoisotopic (exact) mass is 513 g/mol. The van der Waals surface area contributed by atoms with Crippen molar-refractivity contribution in [2.24, 2.45) is 5.92 Å². The zero-order valence-electron chi connectivity index (χ0n) is 21.1. The molecule has 0 spiro atoms. The molecule has 1 aromatic heterocycles. The Morgan fingerprint density at radius 2 is 1.78 bits per heavy atom. The minimum absolute atomic E-state index is 0.0193. The first-order valence-corrected chi connectivity index (χ1v) is 12.3. The summed E-state index contributed by atoms with van der Waals surface area (Å²) in [6.45, 7) is 5.69.